The third kappa shape index (κ3) is 3.35. The number of hydrogen-bond acceptors (Lipinski definition) is 1. The lowest BCUT2D eigenvalue weighted by atomic mass is 9.97. The quantitative estimate of drug-likeness (QED) is 0.681. The number of rotatable bonds is 5. The minimum absolute atomic E-state index is 0.125. The van der Waals surface area contributed by atoms with Crippen molar-refractivity contribution in [3.05, 3.63) is 66.8 Å². The van der Waals surface area contributed by atoms with Gasteiger partial charge in [-0.25, -0.2) is 0 Å². The van der Waals surface area contributed by atoms with E-state index in [4.69, 9.17) is 4.74 Å². The molecule has 88 valence electrons. The van der Waals surface area contributed by atoms with Crippen molar-refractivity contribution in [2.45, 2.75) is 25.4 Å². The Morgan fingerprint density at radius 3 is 2.76 bits per heavy atom. The van der Waals surface area contributed by atoms with Crippen molar-refractivity contribution in [1.82, 2.24) is 0 Å². The number of para-hydroxylation sites is 1. The van der Waals surface area contributed by atoms with Gasteiger partial charge >= 0.3 is 0 Å². The predicted octanol–water partition coefficient (Wildman–Crippen LogP) is 4.29. The van der Waals surface area contributed by atoms with Crippen LogP contribution in [-0.4, -0.2) is 6.10 Å². The van der Waals surface area contributed by atoms with Gasteiger partial charge in [-0.1, -0.05) is 42.5 Å². The van der Waals surface area contributed by atoms with Crippen molar-refractivity contribution < 1.29 is 4.74 Å². The van der Waals surface area contributed by atoms with Gasteiger partial charge < -0.3 is 4.74 Å². The normalized spacial score (nSPS) is 16.1. The van der Waals surface area contributed by atoms with Gasteiger partial charge in [0.15, 0.2) is 0 Å². The number of hydrogen-bond donors (Lipinski definition) is 0. The Bertz CT molecular complexity index is 414. The molecule has 1 heteroatoms. The zero-order chi connectivity index (χ0) is 11.9. The highest BCUT2D eigenvalue weighted by Gasteiger charge is 2.15. The van der Waals surface area contributed by atoms with Gasteiger partial charge in [0, 0.05) is 6.42 Å². The molecule has 1 atom stereocenters. The molecule has 0 amide bonds. The van der Waals surface area contributed by atoms with Crippen LogP contribution in [0.2, 0.25) is 0 Å². The Morgan fingerprint density at radius 1 is 1.29 bits per heavy atom. The first-order chi connectivity index (χ1) is 8.40. The molecule has 1 aromatic rings. The van der Waals surface area contributed by atoms with E-state index in [0.717, 1.165) is 25.0 Å². The van der Waals surface area contributed by atoms with Crippen LogP contribution in [0.1, 0.15) is 19.3 Å². The van der Waals surface area contributed by atoms with Crippen LogP contribution < -0.4 is 4.74 Å². The Balaban J connectivity index is 2.09. The molecule has 0 aliphatic heterocycles. The van der Waals surface area contributed by atoms with E-state index >= 15 is 0 Å². The highest BCUT2D eigenvalue weighted by molar-refractivity contribution is 5.26. The third-order valence-electron chi connectivity index (χ3n) is 2.86. The SMILES string of the molecule is C=CCC(Oc1ccccc1)C1=CC=CCC1. The lowest BCUT2D eigenvalue weighted by Crippen LogP contribution is -2.19. The lowest BCUT2D eigenvalue weighted by Gasteiger charge is -2.22. The number of ether oxygens (including phenoxy) is 1. The molecule has 0 spiro atoms. The van der Waals surface area contributed by atoms with Gasteiger partial charge in [0.25, 0.3) is 0 Å². The Kier molecular flexibility index (Phi) is 4.20. The average molecular weight is 226 g/mol. The molecule has 2 rings (SSSR count). The highest BCUT2D eigenvalue weighted by atomic mass is 16.5. The summed E-state index contributed by atoms with van der Waals surface area (Å²) in [5.41, 5.74) is 1.36. The van der Waals surface area contributed by atoms with Crippen molar-refractivity contribution in [3.63, 3.8) is 0 Å². The second-order valence-electron chi connectivity index (χ2n) is 4.15. The molecule has 1 nitrogen and oxygen atoms in total. The highest BCUT2D eigenvalue weighted by Crippen LogP contribution is 2.23. The second kappa shape index (κ2) is 6.09. The maximum atomic E-state index is 6.02. The van der Waals surface area contributed by atoms with Crippen LogP contribution in [0.25, 0.3) is 0 Å². The second-order valence-corrected chi connectivity index (χ2v) is 4.15. The number of benzene rings is 1. The molecule has 1 aromatic carbocycles. The van der Waals surface area contributed by atoms with Crippen molar-refractivity contribution in [3.8, 4) is 5.75 Å². The summed E-state index contributed by atoms with van der Waals surface area (Å²) in [5.74, 6) is 0.926. The van der Waals surface area contributed by atoms with E-state index in [1.165, 1.54) is 5.57 Å². The van der Waals surface area contributed by atoms with E-state index in [1.54, 1.807) is 0 Å². The smallest absolute Gasteiger partial charge is 0.123 e. The van der Waals surface area contributed by atoms with Crippen LogP contribution in [-0.2, 0) is 0 Å². The van der Waals surface area contributed by atoms with Crippen LogP contribution >= 0.6 is 0 Å². The summed E-state index contributed by atoms with van der Waals surface area (Å²) >= 11 is 0. The van der Waals surface area contributed by atoms with Crippen molar-refractivity contribution in [2.75, 3.05) is 0 Å². The molecule has 0 saturated carbocycles. The van der Waals surface area contributed by atoms with Gasteiger partial charge in [-0.3, -0.25) is 0 Å². The summed E-state index contributed by atoms with van der Waals surface area (Å²) < 4.78 is 6.02. The largest absolute Gasteiger partial charge is 0.486 e. The monoisotopic (exact) mass is 226 g/mol. The topological polar surface area (TPSA) is 9.23 Å². The van der Waals surface area contributed by atoms with Crippen LogP contribution in [0.5, 0.6) is 5.75 Å². The van der Waals surface area contributed by atoms with Crippen molar-refractivity contribution >= 4 is 0 Å². The first kappa shape index (κ1) is 11.7. The van der Waals surface area contributed by atoms with Crippen molar-refractivity contribution in [1.29, 1.82) is 0 Å². The minimum atomic E-state index is 0.125. The van der Waals surface area contributed by atoms with Gasteiger partial charge in [-0.05, 0) is 30.5 Å². The maximum Gasteiger partial charge on any atom is 0.123 e. The van der Waals surface area contributed by atoms with Gasteiger partial charge in [0.05, 0.1) is 0 Å². The molecule has 0 radical (unpaired) electrons. The molecule has 0 aromatic heterocycles. The van der Waals surface area contributed by atoms with E-state index in [-0.39, 0.29) is 6.10 Å². The Hall–Kier alpha value is -1.76. The molecule has 0 N–H and O–H groups in total. The number of allylic oxidation sites excluding steroid dienone is 3. The molecule has 0 heterocycles. The van der Waals surface area contributed by atoms with E-state index < -0.39 is 0 Å². The van der Waals surface area contributed by atoms with Crippen molar-refractivity contribution in [2.24, 2.45) is 0 Å². The van der Waals surface area contributed by atoms with Gasteiger partial charge in [0.1, 0.15) is 11.9 Å². The Labute approximate surface area is 103 Å². The fraction of sp³-hybridized carbons (Fsp3) is 0.250. The van der Waals surface area contributed by atoms with Crippen LogP contribution in [0.3, 0.4) is 0 Å². The third-order valence-corrected chi connectivity index (χ3v) is 2.86. The van der Waals surface area contributed by atoms with Gasteiger partial charge in [-0.15, -0.1) is 6.58 Å². The lowest BCUT2D eigenvalue weighted by molar-refractivity contribution is 0.236. The van der Waals surface area contributed by atoms with E-state index in [0.29, 0.717) is 0 Å². The average Bonchev–Trinajstić information content (AvgIpc) is 2.40. The summed E-state index contributed by atoms with van der Waals surface area (Å²) in [6.07, 6.45) is 11.6. The summed E-state index contributed by atoms with van der Waals surface area (Å²) in [7, 11) is 0. The van der Waals surface area contributed by atoms with Crippen LogP contribution in [0.15, 0.2) is 66.8 Å². The summed E-state index contributed by atoms with van der Waals surface area (Å²) in [5, 5.41) is 0. The fourth-order valence-corrected chi connectivity index (χ4v) is 1.98. The van der Waals surface area contributed by atoms with Gasteiger partial charge in [-0.2, -0.15) is 0 Å². The molecule has 1 aliphatic carbocycles. The molecular weight excluding hydrogens is 208 g/mol. The Morgan fingerprint density at radius 2 is 2.12 bits per heavy atom. The van der Waals surface area contributed by atoms with Crippen LogP contribution in [0, 0.1) is 0 Å². The maximum absolute atomic E-state index is 6.02. The molecule has 0 saturated heterocycles. The molecule has 0 fully saturated rings. The zero-order valence-electron chi connectivity index (χ0n) is 10.0. The zero-order valence-corrected chi connectivity index (χ0v) is 10.0. The minimum Gasteiger partial charge on any atom is -0.486 e. The van der Waals surface area contributed by atoms with E-state index in [2.05, 4.69) is 24.8 Å². The van der Waals surface area contributed by atoms with E-state index in [9.17, 15) is 0 Å². The molecular formula is C16H18O. The van der Waals surface area contributed by atoms with Gasteiger partial charge in [0.2, 0.25) is 0 Å². The molecule has 1 aliphatic rings. The molecule has 1 unspecified atom stereocenters. The summed E-state index contributed by atoms with van der Waals surface area (Å²) in [6, 6.07) is 9.98. The van der Waals surface area contributed by atoms with Crippen LogP contribution in [0.4, 0.5) is 0 Å². The first-order valence-corrected chi connectivity index (χ1v) is 6.08. The summed E-state index contributed by atoms with van der Waals surface area (Å²) in [4.78, 5) is 0. The summed E-state index contributed by atoms with van der Waals surface area (Å²) in [6.45, 7) is 3.81. The standard InChI is InChI=1S/C16H18O/c1-2-9-16(14-10-5-3-6-11-14)17-15-12-7-4-8-13-15/h2-5,7-8,10,12-13,16H,1,6,9,11H2. The predicted molar refractivity (Wildman–Crippen MR) is 72.1 cm³/mol. The fourth-order valence-electron chi connectivity index (χ4n) is 1.98. The molecule has 17 heavy (non-hydrogen) atoms. The first-order valence-electron chi connectivity index (χ1n) is 6.08. The van der Waals surface area contributed by atoms with E-state index in [1.807, 2.05) is 36.4 Å². The molecule has 0 bridgehead atoms.